The molecule has 132 valence electrons. The number of amides is 1. The van der Waals surface area contributed by atoms with Crippen molar-refractivity contribution in [3.05, 3.63) is 70.8 Å². The molecule has 1 amide bonds. The number of hydrogen-bond acceptors (Lipinski definition) is 2. The Morgan fingerprint density at radius 1 is 1.12 bits per heavy atom. The van der Waals surface area contributed by atoms with Gasteiger partial charge in [-0.15, -0.1) is 0 Å². The van der Waals surface area contributed by atoms with Gasteiger partial charge in [0, 0.05) is 24.6 Å². The highest BCUT2D eigenvalue weighted by molar-refractivity contribution is 5.97. The van der Waals surface area contributed by atoms with Crippen LogP contribution in [0.2, 0.25) is 0 Å². The van der Waals surface area contributed by atoms with Crippen LogP contribution < -0.4 is 0 Å². The molecule has 0 aromatic heterocycles. The fourth-order valence-electron chi connectivity index (χ4n) is 3.80. The summed E-state index contributed by atoms with van der Waals surface area (Å²) in [6.07, 6.45) is 1.39. The first kappa shape index (κ1) is 17.7. The topological polar surface area (TPSA) is 40.5 Å². The van der Waals surface area contributed by atoms with Crippen molar-refractivity contribution >= 4 is 5.91 Å². The second-order valence-corrected chi connectivity index (χ2v) is 7.51. The number of carbonyl (C=O) groups is 1. The van der Waals surface area contributed by atoms with Crippen molar-refractivity contribution in [2.45, 2.75) is 39.2 Å². The van der Waals surface area contributed by atoms with Gasteiger partial charge >= 0.3 is 0 Å². The Hall–Kier alpha value is -2.13. The molecule has 3 rings (SSSR count). The zero-order valence-corrected chi connectivity index (χ0v) is 15.3. The second kappa shape index (κ2) is 7.01. The minimum Gasteiger partial charge on any atom is -0.390 e. The molecule has 2 atom stereocenters. The molecule has 0 unspecified atom stereocenters. The first-order valence-corrected chi connectivity index (χ1v) is 9.00. The Labute approximate surface area is 150 Å². The van der Waals surface area contributed by atoms with Crippen molar-refractivity contribution in [2.24, 2.45) is 5.92 Å². The number of aliphatic hydroxyl groups is 1. The first-order chi connectivity index (χ1) is 11.9. The summed E-state index contributed by atoms with van der Waals surface area (Å²) in [5.41, 5.74) is 3.30. The normalized spacial score (nSPS) is 23.5. The summed E-state index contributed by atoms with van der Waals surface area (Å²) in [5, 5.41) is 10.8. The van der Waals surface area contributed by atoms with Crippen LogP contribution in [0.15, 0.2) is 48.5 Å². The van der Waals surface area contributed by atoms with Crippen LogP contribution >= 0.6 is 0 Å². The van der Waals surface area contributed by atoms with E-state index in [2.05, 4.69) is 12.1 Å². The van der Waals surface area contributed by atoms with E-state index in [9.17, 15) is 9.90 Å². The maximum absolute atomic E-state index is 13.1. The van der Waals surface area contributed by atoms with Crippen LogP contribution in [0, 0.1) is 19.8 Å². The predicted octanol–water partition coefficient (Wildman–Crippen LogP) is 3.76. The number of aryl methyl sites for hydroxylation is 2. The molecule has 0 bridgehead atoms. The lowest BCUT2D eigenvalue weighted by Crippen LogP contribution is -2.52. The third-order valence-corrected chi connectivity index (χ3v) is 5.52. The molecular weight excluding hydrogens is 310 g/mol. The van der Waals surface area contributed by atoms with Gasteiger partial charge in [0.2, 0.25) is 0 Å². The van der Waals surface area contributed by atoms with E-state index in [1.165, 1.54) is 5.56 Å². The number of carbonyl (C=O) groups excluding carboxylic acids is 1. The van der Waals surface area contributed by atoms with Crippen LogP contribution in [0.25, 0.3) is 0 Å². The molecule has 1 fully saturated rings. The van der Waals surface area contributed by atoms with E-state index >= 15 is 0 Å². The monoisotopic (exact) mass is 337 g/mol. The maximum atomic E-state index is 13.1. The lowest BCUT2D eigenvalue weighted by Gasteiger charge is -2.43. The van der Waals surface area contributed by atoms with Crippen molar-refractivity contribution in [3.8, 4) is 0 Å². The zero-order chi connectivity index (χ0) is 18.0. The van der Waals surface area contributed by atoms with Gasteiger partial charge in [0.25, 0.3) is 5.91 Å². The highest BCUT2D eigenvalue weighted by Gasteiger charge is 2.39. The average Bonchev–Trinajstić information content (AvgIpc) is 2.57. The largest absolute Gasteiger partial charge is 0.390 e. The second-order valence-electron chi connectivity index (χ2n) is 7.51. The van der Waals surface area contributed by atoms with Crippen molar-refractivity contribution in [3.63, 3.8) is 0 Å². The SMILES string of the molecule is Cc1cccc(C)c1C(=O)N1CC[C@@](C)(O)[C@@H](Cc2ccccc2)C1. The van der Waals surface area contributed by atoms with Crippen LogP contribution in [0.3, 0.4) is 0 Å². The molecule has 1 aliphatic heterocycles. The molecule has 1 saturated heterocycles. The van der Waals surface area contributed by atoms with Gasteiger partial charge in [-0.05, 0) is 50.3 Å². The van der Waals surface area contributed by atoms with Gasteiger partial charge < -0.3 is 10.0 Å². The highest BCUT2D eigenvalue weighted by Crippen LogP contribution is 2.31. The van der Waals surface area contributed by atoms with Crippen LogP contribution in [0.4, 0.5) is 0 Å². The number of hydrogen-bond donors (Lipinski definition) is 1. The van der Waals surface area contributed by atoms with Gasteiger partial charge in [0.05, 0.1) is 5.60 Å². The van der Waals surface area contributed by atoms with E-state index in [4.69, 9.17) is 0 Å². The first-order valence-electron chi connectivity index (χ1n) is 9.00. The summed E-state index contributed by atoms with van der Waals surface area (Å²) in [6, 6.07) is 16.2. The molecule has 0 spiro atoms. The van der Waals surface area contributed by atoms with E-state index in [-0.39, 0.29) is 11.8 Å². The fourth-order valence-corrected chi connectivity index (χ4v) is 3.80. The quantitative estimate of drug-likeness (QED) is 0.926. The van der Waals surface area contributed by atoms with Crippen molar-refractivity contribution in [1.82, 2.24) is 4.90 Å². The molecule has 0 aliphatic carbocycles. The Kier molecular flexibility index (Phi) is 4.96. The van der Waals surface area contributed by atoms with Gasteiger partial charge in [-0.3, -0.25) is 4.79 Å². The third kappa shape index (κ3) is 3.77. The Bertz CT molecular complexity index is 732. The molecule has 3 heteroatoms. The van der Waals surface area contributed by atoms with Crippen LogP contribution in [-0.4, -0.2) is 34.6 Å². The molecule has 0 radical (unpaired) electrons. The third-order valence-electron chi connectivity index (χ3n) is 5.52. The van der Waals surface area contributed by atoms with Crippen molar-refractivity contribution < 1.29 is 9.90 Å². The van der Waals surface area contributed by atoms with E-state index in [1.807, 2.05) is 62.1 Å². The summed E-state index contributed by atoms with van der Waals surface area (Å²) in [5.74, 6) is 0.126. The lowest BCUT2D eigenvalue weighted by molar-refractivity contribution is -0.0507. The minimum atomic E-state index is -0.743. The van der Waals surface area contributed by atoms with Crippen LogP contribution in [-0.2, 0) is 6.42 Å². The van der Waals surface area contributed by atoms with E-state index in [0.29, 0.717) is 19.5 Å². The fraction of sp³-hybridized carbons (Fsp3) is 0.409. The van der Waals surface area contributed by atoms with Gasteiger partial charge in [-0.25, -0.2) is 0 Å². The molecule has 25 heavy (non-hydrogen) atoms. The van der Waals surface area contributed by atoms with Crippen LogP contribution in [0.5, 0.6) is 0 Å². The molecule has 2 aromatic rings. The number of likely N-dealkylation sites (tertiary alicyclic amines) is 1. The maximum Gasteiger partial charge on any atom is 0.254 e. The molecule has 0 saturated carbocycles. The minimum absolute atomic E-state index is 0.0388. The Morgan fingerprint density at radius 2 is 1.76 bits per heavy atom. The zero-order valence-electron chi connectivity index (χ0n) is 15.3. The van der Waals surface area contributed by atoms with Gasteiger partial charge in [-0.2, -0.15) is 0 Å². The Morgan fingerprint density at radius 3 is 2.40 bits per heavy atom. The van der Waals surface area contributed by atoms with Crippen LogP contribution in [0.1, 0.15) is 40.4 Å². The number of rotatable bonds is 3. The number of piperidine rings is 1. The molecule has 1 aliphatic rings. The standard InChI is InChI=1S/C22H27NO2/c1-16-8-7-9-17(2)20(16)21(24)23-13-12-22(3,25)19(15-23)14-18-10-5-4-6-11-18/h4-11,19,25H,12-15H2,1-3H3/t19-,22+/m0/s1. The van der Waals surface area contributed by atoms with E-state index in [1.54, 1.807) is 0 Å². The molecule has 1 N–H and O–H groups in total. The number of benzene rings is 2. The smallest absolute Gasteiger partial charge is 0.254 e. The number of nitrogens with zero attached hydrogens (tertiary/aromatic N) is 1. The lowest BCUT2D eigenvalue weighted by atomic mass is 9.78. The van der Waals surface area contributed by atoms with Gasteiger partial charge in [-0.1, -0.05) is 48.5 Å². The summed E-state index contributed by atoms with van der Waals surface area (Å²) in [4.78, 5) is 15.0. The van der Waals surface area contributed by atoms with Gasteiger partial charge in [0.1, 0.15) is 0 Å². The summed E-state index contributed by atoms with van der Waals surface area (Å²) < 4.78 is 0. The van der Waals surface area contributed by atoms with Gasteiger partial charge in [0.15, 0.2) is 0 Å². The molecule has 3 nitrogen and oxygen atoms in total. The summed E-state index contributed by atoms with van der Waals surface area (Å²) in [6.45, 7) is 7.07. The molecule has 1 heterocycles. The van der Waals surface area contributed by atoms with E-state index in [0.717, 1.165) is 23.1 Å². The molecule has 2 aromatic carbocycles. The van der Waals surface area contributed by atoms with Crippen molar-refractivity contribution in [1.29, 1.82) is 0 Å². The Balaban J connectivity index is 1.81. The van der Waals surface area contributed by atoms with E-state index < -0.39 is 5.60 Å². The summed E-state index contributed by atoms with van der Waals surface area (Å²) >= 11 is 0. The average molecular weight is 337 g/mol. The summed E-state index contributed by atoms with van der Waals surface area (Å²) in [7, 11) is 0. The van der Waals surface area contributed by atoms with Crippen molar-refractivity contribution in [2.75, 3.05) is 13.1 Å². The predicted molar refractivity (Wildman–Crippen MR) is 101 cm³/mol. The highest BCUT2D eigenvalue weighted by atomic mass is 16.3. The molecular formula is C22H27NO2.